The van der Waals surface area contributed by atoms with E-state index in [0.717, 1.165) is 24.3 Å². The lowest BCUT2D eigenvalue weighted by molar-refractivity contribution is -0.255. The van der Waals surface area contributed by atoms with Crippen molar-refractivity contribution in [2.45, 2.75) is 88.8 Å². The van der Waals surface area contributed by atoms with E-state index in [9.17, 15) is 64.5 Å². The molecule has 8 N–H and O–H groups in total. The molecule has 0 saturated carbocycles. The lowest BCUT2D eigenvalue weighted by atomic mass is 9.74. The molecule has 0 aliphatic carbocycles. The number of nitrogens with one attached hydrogen (secondary N) is 2. The largest absolute Gasteiger partial charge is 0.426 e. The van der Waals surface area contributed by atoms with Crippen LogP contribution in [0, 0.1) is 25.5 Å². The fraction of sp³-hybridized carbons (Fsp3) is 0.318. The maximum atomic E-state index is 14.0. The number of amides is 2. The molecule has 0 aliphatic rings. The summed E-state index contributed by atoms with van der Waals surface area (Å²) in [4.78, 5) is 49.0. The number of nitrogen functional groups attached to an aromatic ring is 2. The number of hydrogen-bond donors (Lipinski definition) is 6. The molecular formula is C44H42F8N6O8. The molecular weight excluding hydrogens is 893 g/mol. The van der Waals surface area contributed by atoms with Crippen LogP contribution in [0.5, 0.6) is 0 Å². The number of nitrogens with two attached hydrogens (primary N) is 2. The summed E-state index contributed by atoms with van der Waals surface area (Å²) in [5, 5.41) is 33.1. The van der Waals surface area contributed by atoms with Gasteiger partial charge in [0.1, 0.15) is 11.6 Å². The van der Waals surface area contributed by atoms with Gasteiger partial charge in [-0.05, 0) is 109 Å². The molecule has 4 aromatic carbocycles. The van der Waals surface area contributed by atoms with Crippen LogP contribution in [0.2, 0.25) is 0 Å². The van der Waals surface area contributed by atoms with E-state index in [4.69, 9.17) is 11.5 Å². The standard InChI is InChI=1S/2C22H21F4N3O4/c2*1-11-15-9-13(5-6-14(15)18(30)33-29-11)28-19(31)21(32,22(24,25)26)10-20(2,3)16-8-12(23)4-7-17(16)27/h2*4-9,32H,10,27H2,1-3H3,(H,28,31). The van der Waals surface area contributed by atoms with Crippen LogP contribution in [0.3, 0.4) is 0 Å². The molecule has 0 saturated heterocycles. The third kappa shape index (κ3) is 10.1. The van der Waals surface area contributed by atoms with Gasteiger partial charge in [0.2, 0.25) is 11.2 Å². The molecule has 22 heteroatoms. The second-order valence-corrected chi connectivity index (χ2v) is 16.8. The maximum Gasteiger partial charge on any atom is 0.426 e. The Kier molecular flexibility index (Phi) is 13.5. The third-order valence-electron chi connectivity index (χ3n) is 10.9. The van der Waals surface area contributed by atoms with Crippen molar-refractivity contribution in [3.05, 3.63) is 128 Å². The minimum absolute atomic E-state index is 0.0112. The zero-order chi connectivity index (χ0) is 49.5. The van der Waals surface area contributed by atoms with Gasteiger partial charge >= 0.3 is 23.6 Å². The van der Waals surface area contributed by atoms with Crippen molar-refractivity contribution in [2.24, 2.45) is 0 Å². The zero-order valence-corrected chi connectivity index (χ0v) is 35.8. The summed E-state index contributed by atoms with van der Waals surface area (Å²) in [7, 11) is 0. The van der Waals surface area contributed by atoms with Gasteiger partial charge in [0, 0.05) is 46.4 Å². The molecule has 0 fully saturated rings. The molecule has 0 bridgehead atoms. The van der Waals surface area contributed by atoms with Crippen LogP contribution < -0.4 is 33.4 Å². The van der Waals surface area contributed by atoms with E-state index in [1.165, 1.54) is 90.1 Å². The smallest absolute Gasteiger partial charge is 0.398 e. The van der Waals surface area contributed by atoms with Gasteiger partial charge in [0.05, 0.1) is 22.2 Å². The summed E-state index contributed by atoms with van der Waals surface area (Å²) < 4.78 is 120. The van der Waals surface area contributed by atoms with Crippen molar-refractivity contribution in [3.8, 4) is 0 Å². The number of anilines is 4. The number of nitrogens with zero attached hydrogens (tertiary/aromatic N) is 2. The summed E-state index contributed by atoms with van der Waals surface area (Å²) in [6.07, 6.45) is -13.0. The van der Waals surface area contributed by atoms with E-state index >= 15 is 0 Å². The monoisotopic (exact) mass is 934 g/mol. The van der Waals surface area contributed by atoms with E-state index in [-0.39, 0.29) is 66.8 Å². The fourth-order valence-corrected chi connectivity index (χ4v) is 7.40. The SMILES string of the molecule is Cc1noc(=O)c2ccc(NC(=O)C(O)(CC(C)(C)c3cc(F)ccc3N)C(F)(F)F)cc12.Cc1noc(=O)c2ccc(NC(=O)C(O)(CC(C)(C)c3cc(F)ccc3N)C(F)(F)F)cc12. The van der Waals surface area contributed by atoms with Gasteiger partial charge in [-0.3, -0.25) is 9.59 Å². The lowest BCUT2D eigenvalue weighted by Gasteiger charge is -2.37. The van der Waals surface area contributed by atoms with Gasteiger partial charge in [0.15, 0.2) is 0 Å². The Morgan fingerprint density at radius 1 is 0.576 bits per heavy atom. The average Bonchev–Trinajstić information content (AvgIpc) is 3.21. The summed E-state index contributed by atoms with van der Waals surface area (Å²) in [5.74, 6) is -4.94. The van der Waals surface area contributed by atoms with Crippen LogP contribution in [0.15, 0.2) is 91.4 Å². The Balaban J connectivity index is 0.000000247. The predicted octanol–water partition coefficient (Wildman–Crippen LogP) is 7.64. The Morgan fingerprint density at radius 3 is 1.23 bits per heavy atom. The van der Waals surface area contributed by atoms with Gasteiger partial charge in [-0.1, -0.05) is 38.0 Å². The van der Waals surface area contributed by atoms with E-state index in [1.807, 2.05) is 0 Å². The van der Waals surface area contributed by atoms with E-state index in [1.54, 1.807) is 0 Å². The molecule has 6 rings (SSSR count). The van der Waals surface area contributed by atoms with Gasteiger partial charge in [-0.2, -0.15) is 26.3 Å². The van der Waals surface area contributed by atoms with Crippen molar-refractivity contribution in [2.75, 3.05) is 22.1 Å². The highest BCUT2D eigenvalue weighted by atomic mass is 19.4. The molecule has 2 unspecified atom stereocenters. The van der Waals surface area contributed by atoms with Gasteiger partial charge < -0.3 is 41.4 Å². The summed E-state index contributed by atoms with van der Waals surface area (Å²) in [6, 6.07) is 13.8. The molecule has 0 radical (unpaired) electrons. The second kappa shape index (κ2) is 17.8. The molecule has 0 spiro atoms. The Hall–Kier alpha value is -6.94. The number of rotatable bonds is 10. The Bertz CT molecular complexity index is 2770. The van der Waals surface area contributed by atoms with E-state index < -0.39 is 81.9 Å². The van der Waals surface area contributed by atoms with Crippen LogP contribution in [0.1, 0.15) is 63.1 Å². The first-order valence-electron chi connectivity index (χ1n) is 19.4. The van der Waals surface area contributed by atoms with Gasteiger partial charge in [-0.25, -0.2) is 18.4 Å². The number of aromatic nitrogens is 2. The molecule has 2 aromatic heterocycles. The van der Waals surface area contributed by atoms with Crippen LogP contribution in [0.4, 0.5) is 57.9 Å². The minimum atomic E-state index is -5.37. The summed E-state index contributed by atoms with van der Waals surface area (Å²) in [5.41, 5.74) is -0.259. The summed E-state index contributed by atoms with van der Waals surface area (Å²) in [6.45, 7) is 8.27. The predicted molar refractivity (Wildman–Crippen MR) is 226 cm³/mol. The molecule has 66 heavy (non-hydrogen) atoms. The third-order valence-corrected chi connectivity index (χ3v) is 10.9. The lowest BCUT2D eigenvalue weighted by Crippen LogP contribution is -2.57. The first kappa shape index (κ1) is 50.1. The number of aryl methyl sites for hydroxylation is 2. The Morgan fingerprint density at radius 2 is 0.909 bits per heavy atom. The highest BCUT2D eigenvalue weighted by Gasteiger charge is 2.62. The number of carbonyl (C=O) groups is 2. The topological polar surface area (TPSA) is 237 Å². The van der Waals surface area contributed by atoms with Crippen molar-refractivity contribution in [1.29, 1.82) is 0 Å². The number of benzene rings is 4. The zero-order valence-electron chi connectivity index (χ0n) is 35.8. The molecule has 0 aliphatic heterocycles. The number of fused-ring (bicyclic) bond motifs is 2. The number of halogens is 8. The number of alkyl halides is 6. The molecule has 2 heterocycles. The number of carbonyl (C=O) groups excluding carboxylic acids is 2. The quantitative estimate of drug-likeness (QED) is 0.0574. The Labute approximate surface area is 368 Å². The second-order valence-electron chi connectivity index (χ2n) is 16.8. The molecule has 6 aromatic rings. The van der Waals surface area contributed by atoms with Crippen LogP contribution in [-0.2, 0) is 20.4 Å². The van der Waals surface area contributed by atoms with Crippen LogP contribution in [0.25, 0.3) is 21.5 Å². The van der Waals surface area contributed by atoms with E-state index in [0.29, 0.717) is 0 Å². The van der Waals surface area contributed by atoms with Gasteiger partial charge in [0.25, 0.3) is 11.8 Å². The first-order chi connectivity index (χ1) is 30.3. The fourth-order valence-electron chi connectivity index (χ4n) is 7.40. The van der Waals surface area contributed by atoms with Gasteiger partial charge in [-0.15, -0.1) is 0 Å². The average molecular weight is 935 g/mol. The van der Waals surface area contributed by atoms with Crippen LogP contribution in [-0.4, -0.2) is 55.9 Å². The highest BCUT2D eigenvalue weighted by molar-refractivity contribution is 6.01. The van der Waals surface area contributed by atoms with Crippen molar-refractivity contribution < 1.29 is 64.0 Å². The molecule has 2 amide bonds. The number of hydrogen-bond acceptors (Lipinski definition) is 12. The highest BCUT2D eigenvalue weighted by Crippen LogP contribution is 2.45. The summed E-state index contributed by atoms with van der Waals surface area (Å²) >= 11 is 0. The van der Waals surface area contributed by atoms with Crippen molar-refractivity contribution >= 4 is 56.1 Å². The van der Waals surface area contributed by atoms with E-state index in [2.05, 4.69) is 30.0 Å². The molecule has 2 atom stereocenters. The minimum Gasteiger partial charge on any atom is -0.398 e. The first-order valence-corrected chi connectivity index (χ1v) is 19.4. The maximum absolute atomic E-state index is 14.0. The van der Waals surface area contributed by atoms with Crippen LogP contribution >= 0.6 is 0 Å². The molecule has 14 nitrogen and oxygen atoms in total. The normalized spacial score (nSPS) is 14.2. The number of aliphatic hydroxyl groups is 2. The van der Waals surface area contributed by atoms with Crippen molar-refractivity contribution in [3.63, 3.8) is 0 Å². The molecule has 352 valence electrons. The van der Waals surface area contributed by atoms with Crippen molar-refractivity contribution in [1.82, 2.24) is 10.3 Å².